The predicted molar refractivity (Wildman–Crippen MR) is 73.4 cm³/mol. The van der Waals surface area contributed by atoms with Gasteiger partial charge in [-0.3, -0.25) is 14.7 Å². The number of carbonyl (C=O) groups is 1. The molecule has 0 radical (unpaired) electrons. The van der Waals surface area contributed by atoms with E-state index in [0.717, 1.165) is 43.9 Å². The van der Waals surface area contributed by atoms with Crippen LogP contribution < -0.4 is 11.1 Å². The number of hydrogen-bond acceptors (Lipinski definition) is 5. The molecule has 1 aliphatic rings. The molecule has 0 saturated carbocycles. The Balaban J connectivity index is 2.00. The van der Waals surface area contributed by atoms with E-state index in [4.69, 9.17) is 5.73 Å². The first kappa shape index (κ1) is 13.7. The number of hydrogen-bond donors (Lipinski definition) is 2. The Morgan fingerprint density at radius 2 is 2.32 bits per heavy atom. The fourth-order valence-corrected chi connectivity index (χ4v) is 2.42. The van der Waals surface area contributed by atoms with Crippen LogP contribution in [-0.2, 0) is 11.3 Å². The second-order valence-electron chi connectivity index (χ2n) is 4.81. The van der Waals surface area contributed by atoms with Crippen LogP contribution in [0.5, 0.6) is 0 Å². The average molecular weight is 263 g/mol. The Kier molecular flexibility index (Phi) is 4.68. The fraction of sp³-hybridized carbons (Fsp3) is 0.615. The summed E-state index contributed by atoms with van der Waals surface area (Å²) in [6, 6.07) is -0.163. The number of carbonyl (C=O) groups excluding carboxylic acids is 1. The highest BCUT2D eigenvalue weighted by Crippen LogP contribution is 2.18. The Morgan fingerprint density at radius 3 is 2.95 bits per heavy atom. The van der Waals surface area contributed by atoms with Crippen molar-refractivity contribution in [3.63, 3.8) is 0 Å². The minimum absolute atomic E-state index is 0.163. The number of nitrogens with two attached hydrogens (primary N) is 1. The summed E-state index contributed by atoms with van der Waals surface area (Å²) in [4.78, 5) is 22.2. The molecule has 0 spiro atoms. The maximum Gasteiger partial charge on any atom is 0.234 e. The lowest BCUT2D eigenvalue weighted by atomic mass is 10.0. The van der Waals surface area contributed by atoms with Crippen molar-refractivity contribution in [2.75, 3.05) is 18.4 Å². The lowest BCUT2D eigenvalue weighted by Crippen LogP contribution is -2.47. The van der Waals surface area contributed by atoms with Crippen LogP contribution in [0.15, 0.2) is 12.4 Å². The van der Waals surface area contributed by atoms with Gasteiger partial charge in [-0.1, -0.05) is 6.42 Å². The molecule has 0 aromatic carbocycles. The van der Waals surface area contributed by atoms with Crippen LogP contribution in [0, 0.1) is 0 Å². The summed E-state index contributed by atoms with van der Waals surface area (Å²) in [7, 11) is 0. The molecule has 1 amide bonds. The van der Waals surface area contributed by atoms with E-state index in [1.165, 1.54) is 0 Å². The zero-order chi connectivity index (χ0) is 13.7. The largest absolute Gasteiger partial charge is 0.369 e. The van der Waals surface area contributed by atoms with E-state index in [2.05, 4.69) is 20.2 Å². The second kappa shape index (κ2) is 6.47. The molecule has 1 unspecified atom stereocenters. The monoisotopic (exact) mass is 263 g/mol. The number of aromatic nitrogens is 2. The molecule has 6 heteroatoms. The van der Waals surface area contributed by atoms with Gasteiger partial charge in [0.15, 0.2) is 0 Å². The summed E-state index contributed by atoms with van der Waals surface area (Å²) in [5.74, 6) is 0.535. The van der Waals surface area contributed by atoms with Crippen molar-refractivity contribution in [2.45, 2.75) is 38.8 Å². The van der Waals surface area contributed by atoms with Crippen LogP contribution in [0.4, 0.5) is 5.82 Å². The van der Waals surface area contributed by atoms with Crippen molar-refractivity contribution < 1.29 is 4.79 Å². The highest BCUT2D eigenvalue weighted by Gasteiger charge is 2.26. The van der Waals surface area contributed by atoms with Gasteiger partial charge in [-0.2, -0.15) is 0 Å². The fourth-order valence-electron chi connectivity index (χ4n) is 2.42. The number of likely N-dealkylation sites (tertiary alicyclic amines) is 1. The Morgan fingerprint density at radius 1 is 1.47 bits per heavy atom. The molecule has 3 N–H and O–H groups in total. The summed E-state index contributed by atoms with van der Waals surface area (Å²) in [5, 5.41) is 3.10. The first-order chi connectivity index (χ1) is 9.20. The van der Waals surface area contributed by atoms with Crippen molar-refractivity contribution in [1.29, 1.82) is 0 Å². The van der Waals surface area contributed by atoms with Gasteiger partial charge in [0.1, 0.15) is 5.82 Å². The molecule has 0 bridgehead atoms. The average Bonchev–Trinajstić information content (AvgIpc) is 2.42. The van der Waals surface area contributed by atoms with Gasteiger partial charge >= 0.3 is 0 Å². The van der Waals surface area contributed by atoms with Gasteiger partial charge in [-0.15, -0.1) is 0 Å². The van der Waals surface area contributed by atoms with Crippen molar-refractivity contribution in [2.24, 2.45) is 5.73 Å². The zero-order valence-electron chi connectivity index (χ0n) is 11.3. The van der Waals surface area contributed by atoms with Crippen LogP contribution in [0.3, 0.4) is 0 Å². The third-order valence-electron chi connectivity index (χ3n) is 3.37. The molecule has 2 rings (SSSR count). The van der Waals surface area contributed by atoms with Crippen molar-refractivity contribution in [1.82, 2.24) is 14.9 Å². The van der Waals surface area contributed by atoms with Crippen molar-refractivity contribution >= 4 is 11.7 Å². The maximum atomic E-state index is 11.4. The van der Waals surface area contributed by atoms with E-state index in [1.54, 1.807) is 12.4 Å². The number of nitrogens with one attached hydrogen (secondary N) is 1. The normalized spacial score (nSPS) is 20.2. The van der Waals surface area contributed by atoms with E-state index in [9.17, 15) is 4.79 Å². The molecule has 6 nitrogen and oxygen atoms in total. The van der Waals surface area contributed by atoms with E-state index in [0.29, 0.717) is 6.54 Å². The number of primary amides is 1. The van der Waals surface area contributed by atoms with Gasteiger partial charge in [0, 0.05) is 13.1 Å². The van der Waals surface area contributed by atoms with Crippen molar-refractivity contribution in [3.8, 4) is 0 Å². The molecule has 104 valence electrons. The highest BCUT2D eigenvalue weighted by atomic mass is 16.1. The lowest BCUT2D eigenvalue weighted by Gasteiger charge is -2.33. The van der Waals surface area contributed by atoms with Crippen LogP contribution in [-0.4, -0.2) is 39.9 Å². The Hall–Kier alpha value is -1.69. The molecule has 2 heterocycles. The molecule has 1 aromatic heterocycles. The van der Waals surface area contributed by atoms with E-state index >= 15 is 0 Å². The zero-order valence-corrected chi connectivity index (χ0v) is 11.3. The van der Waals surface area contributed by atoms with Crippen LogP contribution in [0.25, 0.3) is 0 Å². The first-order valence-corrected chi connectivity index (χ1v) is 6.79. The Labute approximate surface area is 113 Å². The van der Waals surface area contributed by atoms with Gasteiger partial charge < -0.3 is 11.1 Å². The first-order valence-electron chi connectivity index (χ1n) is 6.79. The van der Waals surface area contributed by atoms with Gasteiger partial charge in [-0.05, 0) is 26.3 Å². The number of anilines is 1. The molecule has 1 fully saturated rings. The summed E-state index contributed by atoms with van der Waals surface area (Å²) in [6.45, 7) is 4.36. The smallest absolute Gasteiger partial charge is 0.234 e. The van der Waals surface area contributed by atoms with Crippen LogP contribution >= 0.6 is 0 Å². The third-order valence-corrected chi connectivity index (χ3v) is 3.37. The second-order valence-corrected chi connectivity index (χ2v) is 4.81. The Bertz CT molecular complexity index is 420. The third kappa shape index (κ3) is 3.64. The van der Waals surface area contributed by atoms with E-state index in [1.807, 2.05) is 6.92 Å². The number of amides is 1. The number of rotatable bonds is 5. The standard InChI is InChI=1S/C13H21N5O/c1-2-15-12-8-16-10(7-17-12)9-18-6-4-3-5-11(18)13(14)19/h7-8,11H,2-6,9H2,1H3,(H2,14,19)(H,15,17). The quantitative estimate of drug-likeness (QED) is 0.819. The number of nitrogens with zero attached hydrogens (tertiary/aromatic N) is 3. The van der Waals surface area contributed by atoms with Gasteiger partial charge in [0.2, 0.25) is 5.91 Å². The SMILES string of the molecule is CCNc1cnc(CN2CCCCC2C(N)=O)cn1. The summed E-state index contributed by atoms with van der Waals surface area (Å²) in [5.41, 5.74) is 6.32. The van der Waals surface area contributed by atoms with Gasteiger partial charge in [-0.25, -0.2) is 4.98 Å². The molecule has 1 atom stereocenters. The van der Waals surface area contributed by atoms with Crippen molar-refractivity contribution in [3.05, 3.63) is 18.1 Å². The molecule has 1 aliphatic heterocycles. The maximum absolute atomic E-state index is 11.4. The predicted octanol–water partition coefficient (Wildman–Crippen LogP) is 0.748. The molecule has 1 aromatic rings. The van der Waals surface area contributed by atoms with Crippen LogP contribution in [0.2, 0.25) is 0 Å². The topological polar surface area (TPSA) is 84.1 Å². The van der Waals surface area contributed by atoms with Gasteiger partial charge in [0.05, 0.1) is 24.1 Å². The molecule has 0 aliphatic carbocycles. The highest BCUT2D eigenvalue weighted by molar-refractivity contribution is 5.79. The molecular weight excluding hydrogens is 242 g/mol. The summed E-state index contributed by atoms with van der Waals surface area (Å²) in [6.07, 6.45) is 6.49. The van der Waals surface area contributed by atoms with Gasteiger partial charge in [0.25, 0.3) is 0 Å². The summed E-state index contributed by atoms with van der Waals surface area (Å²) >= 11 is 0. The lowest BCUT2D eigenvalue weighted by molar-refractivity contribution is -0.124. The molecule has 1 saturated heterocycles. The molecular formula is C13H21N5O. The number of piperidine rings is 1. The van der Waals surface area contributed by atoms with E-state index in [-0.39, 0.29) is 11.9 Å². The summed E-state index contributed by atoms with van der Waals surface area (Å²) < 4.78 is 0. The molecule has 19 heavy (non-hydrogen) atoms. The van der Waals surface area contributed by atoms with E-state index < -0.39 is 0 Å². The minimum Gasteiger partial charge on any atom is -0.369 e. The minimum atomic E-state index is -0.239. The van der Waals surface area contributed by atoms with Crippen LogP contribution in [0.1, 0.15) is 31.9 Å².